The summed E-state index contributed by atoms with van der Waals surface area (Å²) in [5, 5.41) is 2.68. The number of allylic oxidation sites excluding steroid dienone is 5. The van der Waals surface area contributed by atoms with Crippen molar-refractivity contribution >= 4 is 34.9 Å². The molecule has 0 saturated heterocycles. The Kier molecular flexibility index (Phi) is 11.8. The van der Waals surface area contributed by atoms with E-state index < -0.39 is 0 Å². The molecule has 0 unspecified atom stereocenters. The van der Waals surface area contributed by atoms with Crippen LogP contribution in [0, 0.1) is 13.8 Å². The minimum Gasteiger partial charge on any atom is -0.263 e. The number of aryl methyl sites for hydroxylation is 2. The first-order valence-electron chi connectivity index (χ1n) is 14.0. The van der Waals surface area contributed by atoms with Gasteiger partial charge in [0.15, 0.2) is 0 Å². The van der Waals surface area contributed by atoms with Crippen LogP contribution in [0.4, 0.5) is 5.69 Å². The minimum atomic E-state index is 0.476. The molecular weight excluding hydrogens is 502 g/mol. The fourth-order valence-electron chi connectivity index (χ4n) is 4.63. The topological polar surface area (TPSA) is 12.4 Å². The molecule has 0 N–H and O–H groups in total. The van der Waals surface area contributed by atoms with Gasteiger partial charge in [-0.1, -0.05) is 110 Å². The van der Waals surface area contributed by atoms with E-state index in [0.29, 0.717) is 5.92 Å². The van der Waals surface area contributed by atoms with E-state index in [4.69, 9.17) is 0 Å². The van der Waals surface area contributed by atoms with Crippen LogP contribution in [0.3, 0.4) is 0 Å². The van der Waals surface area contributed by atoms with E-state index >= 15 is 0 Å². The third kappa shape index (κ3) is 8.19. The van der Waals surface area contributed by atoms with Gasteiger partial charge < -0.3 is 0 Å². The number of rotatable bonds is 8. The van der Waals surface area contributed by atoms with Gasteiger partial charge >= 0.3 is 0 Å². The Morgan fingerprint density at radius 1 is 0.850 bits per heavy atom. The molecule has 1 nitrogen and oxygen atoms in total. The smallest absolute Gasteiger partial charge is 0.0764 e. The number of hydrogen-bond acceptors (Lipinski definition) is 2. The van der Waals surface area contributed by atoms with Gasteiger partial charge in [-0.05, 0) is 104 Å². The maximum Gasteiger partial charge on any atom is 0.0764 e. The van der Waals surface area contributed by atoms with Crippen LogP contribution in [0.1, 0.15) is 57.2 Å². The van der Waals surface area contributed by atoms with Gasteiger partial charge in [-0.2, -0.15) is 0 Å². The highest BCUT2D eigenvalue weighted by Gasteiger charge is 2.14. The third-order valence-corrected chi connectivity index (χ3v) is 8.08. The average molecular weight is 546 g/mol. The van der Waals surface area contributed by atoms with Crippen molar-refractivity contribution in [2.45, 2.75) is 59.3 Å². The molecule has 0 aliphatic rings. The van der Waals surface area contributed by atoms with Gasteiger partial charge in [0, 0.05) is 10.6 Å². The lowest BCUT2D eigenvalue weighted by atomic mass is 9.90. The Morgan fingerprint density at radius 3 is 2.23 bits per heavy atom. The van der Waals surface area contributed by atoms with Crippen molar-refractivity contribution in [2.75, 3.05) is 5.75 Å². The number of aliphatic imine (C=N–C) groups is 1. The summed E-state index contributed by atoms with van der Waals surface area (Å²) in [6.45, 7) is 19.0. The highest BCUT2D eigenvalue weighted by atomic mass is 32.2. The van der Waals surface area contributed by atoms with Gasteiger partial charge in [0.2, 0.25) is 0 Å². The second kappa shape index (κ2) is 15.2. The monoisotopic (exact) mass is 545 g/mol. The summed E-state index contributed by atoms with van der Waals surface area (Å²) in [5.74, 6) is 1.39. The van der Waals surface area contributed by atoms with Crippen molar-refractivity contribution in [3.63, 3.8) is 0 Å². The van der Waals surface area contributed by atoms with Crippen molar-refractivity contribution in [3.8, 4) is 11.1 Å². The van der Waals surface area contributed by atoms with Gasteiger partial charge in [-0.3, -0.25) is 4.99 Å². The van der Waals surface area contributed by atoms with Crippen LogP contribution < -0.4 is 0 Å². The van der Waals surface area contributed by atoms with Crippen LogP contribution >= 0.6 is 11.8 Å². The van der Waals surface area contributed by atoms with E-state index in [2.05, 4.69) is 150 Å². The molecule has 40 heavy (non-hydrogen) atoms. The quantitative estimate of drug-likeness (QED) is 0.122. The Balaban J connectivity index is 0.000000330. The van der Waals surface area contributed by atoms with Crippen molar-refractivity contribution in [3.05, 3.63) is 131 Å². The van der Waals surface area contributed by atoms with Crippen LogP contribution in [-0.2, 0) is 0 Å². The zero-order chi connectivity index (χ0) is 29.1. The lowest BCUT2D eigenvalue weighted by Gasteiger charge is -2.17. The summed E-state index contributed by atoms with van der Waals surface area (Å²) < 4.78 is 0. The van der Waals surface area contributed by atoms with E-state index in [1.807, 2.05) is 24.8 Å². The Morgan fingerprint density at radius 2 is 1.55 bits per heavy atom. The summed E-state index contributed by atoms with van der Waals surface area (Å²) in [6.07, 6.45) is 8.41. The number of benzene rings is 4. The molecule has 0 saturated carbocycles. The molecule has 4 aromatic rings. The molecule has 0 aliphatic carbocycles. The summed E-state index contributed by atoms with van der Waals surface area (Å²) >= 11 is 1.83. The Bertz CT molecular complexity index is 1530. The largest absolute Gasteiger partial charge is 0.263 e. The van der Waals surface area contributed by atoms with Crippen molar-refractivity contribution < 1.29 is 0 Å². The normalized spacial score (nSPS) is 11.2. The van der Waals surface area contributed by atoms with Crippen molar-refractivity contribution in [2.24, 2.45) is 4.99 Å². The maximum absolute atomic E-state index is 4.35. The summed E-state index contributed by atoms with van der Waals surface area (Å²) in [6, 6.07) is 28.0. The SMILES string of the molecule is C=Nc1cc(-c2ccccc2C(C)C)c(C)cc1SCC(/C=C\C=C/C)=C(C)C.Cc1cccc2ccccc12. The second-order valence-electron chi connectivity index (χ2n) is 10.5. The lowest BCUT2D eigenvalue weighted by Crippen LogP contribution is -1.95. The zero-order valence-electron chi connectivity index (χ0n) is 25.2. The second-order valence-corrected chi connectivity index (χ2v) is 11.5. The molecule has 4 rings (SSSR count). The van der Waals surface area contributed by atoms with Gasteiger partial charge in [-0.15, -0.1) is 11.8 Å². The molecule has 0 bridgehead atoms. The fourth-order valence-corrected chi connectivity index (χ4v) is 5.86. The third-order valence-electron chi connectivity index (χ3n) is 6.98. The highest BCUT2D eigenvalue weighted by Crippen LogP contribution is 2.39. The van der Waals surface area contributed by atoms with Crippen LogP contribution in [0.25, 0.3) is 21.9 Å². The van der Waals surface area contributed by atoms with Gasteiger partial charge in [-0.25, -0.2) is 0 Å². The van der Waals surface area contributed by atoms with Crippen LogP contribution in [0.5, 0.6) is 0 Å². The Labute approximate surface area is 246 Å². The van der Waals surface area contributed by atoms with E-state index in [1.54, 1.807) is 0 Å². The molecule has 0 aliphatic heterocycles. The average Bonchev–Trinajstić information content (AvgIpc) is 2.95. The minimum absolute atomic E-state index is 0.476. The fraction of sp³-hybridized carbons (Fsp3) is 0.237. The highest BCUT2D eigenvalue weighted by molar-refractivity contribution is 7.99. The predicted octanol–water partition coefficient (Wildman–Crippen LogP) is 11.8. The van der Waals surface area contributed by atoms with Crippen LogP contribution in [0.15, 0.2) is 124 Å². The molecular formula is C38H43NS. The predicted molar refractivity (Wildman–Crippen MR) is 182 cm³/mol. The van der Waals surface area contributed by atoms with Gasteiger partial charge in [0.25, 0.3) is 0 Å². The van der Waals surface area contributed by atoms with Crippen LogP contribution in [-0.4, -0.2) is 12.5 Å². The zero-order valence-corrected chi connectivity index (χ0v) is 26.0. The van der Waals surface area contributed by atoms with E-state index in [9.17, 15) is 0 Å². The molecule has 2 heteroatoms. The van der Waals surface area contributed by atoms with Gasteiger partial charge in [0.05, 0.1) is 5.69 Å². The number of thioether (sulfide) groups is 1. The molecule has 0 radical (unpaired) electrons. The maximum atomic E-state index is 4.35. The van der Waals surface area contributed by atoms with E-state index in [-0.39, 0.29) is 0 Å². The first kappa shape index (κ1) is 30.9. The van der Waals surface area contributed by atoms with E-state index in [1.165, 1.54) is 54.6 Å². The molecule has 0 heterocycles. The first-order valence-corrected chi connectivity index (χ1v) is 15.0. The van der Waals surface area contributed by atoms with Crippen LogP contribution in [0.2, 0.25) is 0 Å². The standard InChI is InChI=1S/C27H33NS.C11H10/c1-8-9-10-13-22(19(2)3)18-29-27-16-21(6)25(17-26(27)28-7)24-15-12-11-14-23(24)20(4)5;1-9-5-4-7-10-6-2-3-8-11(9)10/h8-17,20H,7,18H2,1-6H3;2-8H,1H3/b9-8-,13-10-;. The summed E-state index contributed by atoms with van der Waals surface area (Å²) in [7, 11) is 0. The molecule has 0 aromatic heterocycles. The number of nitrogens with zero attached hydrogens (tertiary/aromatic N) is 1. The lowest BCUT2D eigenvalue weighted by molar-refractivity contribution is 0.869. The molecule has 206 valence electrons. The molecule has 4 aromatic carbocycles. The summed E-state index contributed by atoms with van der Waals surface area (Å²) in [4.78, 5) is 5.54. The number of hydrogen-bond donors (Lipinski definition) is 0. The molecule has 0 atom stereocenters. The molecule has 0 fully saturated rings. The van der Waals surface area contributed by atoms with Gasteiger partial charge in [0.1, 0.15) is 0 Å². The van der Waals surface area contributed by atoms with Crippen molar-refractivity contribution in [1.82, 2.24) is 0 Å². The van der Waals surface area contributed by atoms with Crippen molar-refractivity contribution in [1.29, 1.82) is 0 Å². The number of fused-ring (bicyclic) bond motifs is 1. The summed E-state index contributed by atoms with van der Waals surface area (Å²) in [5.41, 5.74) is 10.2. The molecule has 0 spiro atoms. The first-order chi connectivity index (χ1) is 19.3. The van der Waals surface area contributed by atoms with E-state index in [0.717, 1.165) is 11.4 Å². The molecule has 0 amide bonds. The Hall–Kier alpha value is -3.62.